The Morgan fingerprint density at radius 1 is 1.13 bits per heavy atom. The van der Waals surface area contributed by atoms with Crippen molar-refractivity contribution in [3.63, 3.8) is 0 Å². The summed E-state index contributed by atoms with van der Waals surface area (Å²) in [4.78, 5) is 12.2. The number of nitrogens with one attached hydrogen (secondary N) is 1. The fourth-order valence-corrected chi connectivity index (χ4v) is 3.65. The van der Waals surface area contributed by atoms with Gasteiger partial charge in [-0.3, -0.25) is 4.79 Å². The summed E-state index contributed by atoms with van der Waals surface area (Å²) in [6.07, 6.45) is 1.50. The van der Waals surface area contributed by atoms with Crippen LogP contribution in [-0.2, 0) is 6.61 Å². The van der Waals surface area contributed by atoms with E-state index in [0.29, 0.717) is 33.2 Å². The zero-order valence-electron chi connectivity index (χ0n) is 15.9. The van der Waals surface area contributed by atoms with Gasteiger partial charge in [-0.2, -0.15) is 5.10 Å². The maximum atomic E-state index is 12.2. The first-order valence-corrected chi connectivity index (χ1v) is 10.4. The number of carbonyl (C=O) groups excluding carboxylic acids is 1. The van der Waals surface area contributed by atoms with Gasteiger partial charge >= 0.3 is 0 Å². The van der Waals surface area contributed by atoms with Gasteiger partial charge in [0.1, 0.15) is 6.61 Å². The van der Waals surface area contributed by atoms with Crippen LogP contribution in [0, 0.1) is 0 Å². The molecule has 0 atom stereocenters. The van der Waals surface area contributed by atoms with Gasteiger partial charge in [-0.15, -0.1) is 0 Å². The van der Waals surface area contributed by atoms with E-state index in [4.69, 9.17) is 32.7 Å². The van der Waals surface area contributed by atoms with Gasteiger partial charge in [0.25, 0.3) is 5.91 Å². The third-order valence-electron chi connectivity index (χ3n) is 4.03. The van der Waals surface area contributed by atoms with Crippen molar-refractivity contribution < 1.29 is 14.3 Å². The average molecular weight is 508 g/mol. The maximum Gasteiger partial charge on any atom is 0.272 e. The highest BCUT2D eigenvalue weighted by molar-refractivity contribution is 9.10. The number of carbonyl (C=O) groups is 1. The van der Waals surface area contributed by atoms with Crippen molar-refractivity contribution in [1.82, 2.24) is 5.43 Å². The summed E-state index contributed by atoms with van der Waals surface area (Å²) in [6, 6.07) is 18.0. The first-order chi connectivity index (χ1) is 14.5. The van der Waals surface area contributed by atoms with Crippen molar-refractivity contribution in [1.29, 1.82) is 0 Å². The molecular formula is C22H17BrCl2N2O3. The van der Waals surface area contributed by atoms with Gasteiger partial charge in [-0.25, -0.2) is 5.43 Å². The van der Waals surface area contributed by atoms with Crippen LogP contribution in [0.5, 0.6) is 11.5 Å². The smallest absolute Gasteiger partial charge is 0.272 e. The number of ether oxygens (including phenoxy) is 2. The monoisotopic (exact) mass is 506 g/mol. The molecule has 0 fully saturated rings. The number of nitrogens with zero attached hydrogens (tertiary/aromatic N) is 1. The minimum atomic E-state index is -0.443. The SMILES string of the molecule is COc1cc(C=NNC(=O)c2ccc(Cl)cc2Cl)cc(Br)c1OCc1ccccc1. The van der Waals surface area contributed by atoms with Crippen LogP contribution in [0.15, 0.2) is 70.2 Å². The summed E-state index contributed by atoms with van der Waals surface area (Å²) in [7, 11) is 1.56. The fraction of sp³-hybridized carbons (Fsp3) is 0.0909. The molecule has 0 aliphatic rings. The Kier molecular flexibility index (Phi) is 7.74. The van der Waals surface area contributed by atoms with Crippen LogP contribution < -0.4 is 14.9 Å². The number of methoxy groups -OCH3 is 1. The Hall–Kier alpha value is -2.54. The molecule has 0 radical (unpaired) electrons. The second-order valence-electron chi connectivity index (χ2n) is 6.13. The molecule has 0 aliphatic heterocycles. The summed E-state index contributed by atoms with van der Waals surface area (Å²) >= 11 is 15.4. The van der Waals surface area contributed by atoms with Gasteiger partial charge in [0, 0.05) is 5.02 Å². The summed E-state index contributed by atoms with van der Waals surface area (Å²) in [5.74, 6) is 0.672. The van der Waals surface area contributed by atoms with Crippen LogP contribution >= 0.6 is 39.1 Å². The van der Waals surface area contributed by atoms with Gasteiger partial charge in [0.2, 0.25) is 0 Å². The van der Waals surface area contributed by atoms with Crippen molar-refractivity contribution in [2.75, 3.05) is 7.11 Å². The highest BCUT2D eigenvalue weighted by Crippen LogP contribution is 2.36. The summed E-state index contributed by atoms with van der Waals surface area (Å²) in [5, 5.41) is 4.69. The van der Waals surface area contributed by atoms with Crippen molar-refractivity contribution in [2.24, 2.45) is 5.10 Å². The number of hydrazone groups is 1. The Bertz CT molecular complexity index is 1080. The molecule has 3 aromatic rings. The van der Waals surface area contributed by atoms with Crippen LogP contribution in [0.4, 0.5) is 0 Å². The molecule has 1 N–H and O–H groups in total. The zero-order chi connectivity index (χ0) is 21.5. The van der Waals surface area contributed by atoms with E-state index in [0.717, 1.165) is 5.56 Å². The van der Waals surface area contributed by atoms with Crippen molar-refractivity contribution in [2.45, 2.75) is 6.61 Å². The number of benzene rings is 3. The average Bonchev–Trinajstić information content (AvgIpc) is 2.73. The Balaban J connectivity index is 1.70. The van der Waals surface area contributed by atoms with E-state index in [-0.39, 0.29) is 10.6 Å². The van der Waals surface area contributed by atoms with Crippen LogP contribution in [0.3, 0.4) is 0 Å². The number of hydrogen-bond acceptors (Lipinski definition) is 4. The zero-order valence-corrected chi connectivity index (χ0v) is 19.0. The summed E-state index contributed by atoms with van der Waals surface area (Å²) < 4.78 is 12.1. The lowest BCUT2D eigenvalue weighted by atomic mass is 10.2. The molecule has 0 unspecified atom stereocenters. The normalized spacial score (nSPS) is 10.8. The minimum absolute atomic E-state index is 0.250. The third-order valence-corrected chi connectivity index (χ3v) is 5.17. The van der Waals surface area contributed by atoms with E-state index < -0.39 is 5.91 Å². The van der Waals surface area contributed by atoms with Gasteiger partial charge in [-0.05, 0) is 57.4 Å². The van der Waals surface area contributed by atoms with Crippen molar-refractivity contribution in [3.8, 4) is 11.5 Å². The standard InChI is InChI=1S/C22H17BrCl2N2O3/c1-29-20-10-15(9-18(23)21(20)30-13-14-5-3-2-4-6-14)12-26-27-22(28)17-8-7-16(24)11-19(17)25/h2-12H,13H2,1H3,(H,27,28). The molecule has 0 spiro atoms. The number of amides is 1. The molecule has 5 nitrogen and oxygen atoms in total. The molecule has 0 saturated heterocycles. The van der Waals surface area contributed by atoms with Gasteiger partial charge in [0.15, 0.2) is 11.5 Å². The molecule has 0 heterocycles. The summed E-state index contributed by atoms with van der Waals surface area (Å²) in [5.41, 5.74) is 4.47. The van der Waals surface area contributed by atoms with Gasteiger partial charge < -0.3 is 9.47 Å². The molecule has 154 valence electrons. The number of halogens is 3. The van der Waals surface area contributed by atoms with E-state index >= 15 is 0 Å². The predicted molar refractivity (Wildman–Crippen MR) is 123 cm³/mol. The lowest BCUT2D eigenvalue weighted by molar-refractivity contribution is 0.0955. The molecule has 30 heavy (non-hydrogen) atoms. The van der Waals surface area contributed by atoms with E-state index in [9.17, 15) is 4.79 Å². The van der Waals surface area contributed by atoms with Crippen LogP contribution in [0.2, 0.25) is 10.0 Å². The molecule has 0 aliphatic carbocycles. The number of hydrogen-bond donors (Lipinski definition) is 1. The third kappa shape index (κ3) is 5.75. The van der Waals surface area contributed by atoms with Crippen molar-refractivity contribution >= 4 is 51.3 Å². The van der Waals surface area contributed by atoms with Crippen LogP contribution in [-0.4, -0.2) is 19.2 Å². The Morgan fingerprint density at radius 2 is 1.90 bits per heavy atom. The topological polar surface area (TPSA) is 59.9 Å². The minimum Gasteiger partial charge on any atom is -0.493 e. The van der Waals surface area contributed by atoms with Crippen LogP contribution in [0.1, 0.15) is 21.5 Å². The predicted octanol–water partition coefficient (Wildman–Crippen LogP) is 6.11. The largest absolute Gasteiger partial charge is 0.493 e. The summed E-state index contributed by atoms with van der Waals surface area (Å²) in [6.45, 7) is 0.404. The molecule has 8 heteroatoms. The molecule has 3 rings (SSSR count). The van der Waals surface area contributed by atoms with Gasteiger partial charge in [0.05, 0.1) is 28.4 Å². The van der Waals surface area contributed by atoms with E-state index in [1.54, 1.807) is 19.2 Å². The molecule has 0 bridgehead atoms. The first-order valence-electron chi connectivity index (χ1n) is 8.80. The second-order valence-corrected chi connectivity index (χ2v) is 7.83. The molecule has 0 saturated carbocycles. The van der Waals surface area contributed by atoms with E-state index in [1.807, 2.05) is 36.4 Å². The highest BCUT2D eigenvalue weighted by Gasteiger charge is 2.12. The molecule has 0 aromatic heterocycles. The number of rotatable bonds is 7. The van der Waals surface area contributed by atoms with Crippen molar-refractivity contribution in [3.05, 3.63) is 91.9 Å². The van der Waals surface area contributed by atoms with E-state index in [2.05, 4.69) is 26.5 Å². The fourth-order valence-electron chi connectivity index (χ4n) is 2.58. The first kappa shape index (κ1) is 22.2. The molecular weight excluding hydrogens is 491 g/mol. The maximum absolute atomic E-state index is 12.2. The highest BCUT2D eigenvalue weighted by atomic mass is 79.9. The van der Waals surface area contributed by atoms with Crippen LogP contribution in [0.25, 0.3) is 0 Å². The quantitative estimate of drug-likeness (QED) is 0.310. The Morgan fingerprint density at radius 3 is 2.60 bits per heavy atom. The second kappa shape index (κ2) is 10.5. The molecule has 1 amide bonds. The Labute approximate surface area is 192 Å². The van der Waals surface area contributed by atoms with E-state index in [1.165, 1.54) is 18.3 Å². The lowest BCUT2D eigenvalue weighted by Gasteiger charge is -2.13. The van der Waals surface area contributed by atoms with Gasteiger partial charge in [-0.1, -0.05) is 53.5 Å². The molecule has 3 aromatic carbocycles. The lowest BCUT2D eigenvalue weighted by Crippen LogP contribution is -2.18.